The molecule has 0 aromatic heterocycles. The number of amides is 1. The molecule has 0 saturated carbocycles. The summed E-state index contributed by atoms with van der Waals surface area (Å²) in [6, 6.07) is 10.2. The van der Waals surface area contributed by atoms with E-state index >= 15 is 0 Å². The summed E-state index contributed by atoms with van der Waals surface area (Å²) in [5, 5.41) is 16.1. The summed E-state index contributed by atoms with van der Waals surface area (Å²) in [6.07, 6.45) is 2.76. The molecule has 128 valence electrons. The number of carbonyl (C=O) groups is 1. The number of hydrogen-bond donors (Lipinski definition) is 2. The van der Waals surface area contributed by atoms with Crippen molar-refractivity contribution >= 4 is 40.7 Å². The third-order valence-corrected chi connectivity index (χ3v) is 3.40. The normalized spacial score (nSPS) is 10.5. The first-order valence-electron chi connectivity index (χ1n) is 7.16. The Morgan fingerprint density at radius 1 is 1.24 bits per heavy atom. The number of thiocarbonyl (C=S) groups is 1. The largest absolute Gasteiger partial charge is 0.332 e. The van der Waals surface area contributed by atoms with Crippen molar-refractivity contribution in [3.05, 3.63) is 75.6 Å². The van der Waals surface area contributed by atoms with Crippen LogP contribution >= 0.6 is 12.2 Å². The minimum absolute atomic E-state index is 0.00640. The lowest BCUT2D eigenvalue weighted by atomic mass is 10.2. The fourth-order valence-corrected chi connectivity index (χ4v) is 2.16. The van der Waals surface area contributed by atoms with Gasteiger partial charge in [0.05, 0.1) is 4.92 Å². The lowest BCUT2D eigenvalue weighted by Gasteiger charge is -2.08. The Bertz CT molecular complexity index is 851. The Hall–Kier alpha value is -3.13. The van der Waals surface area contributed by atoms with Gasteiger partial charge in [-0.3, -0.25) is 20.2 Å². The third kappa shape index (κ3) is 5.47. The molecule has 0 radical (unpaired) electrons. The summed E-state index contributed by atoms with van der Waals surface area (Å²) in [5.41, 5.74) is 1.53. The van der Waals surface area contributed by atoms with Crippen LogP contribution in [-0.2, 0) is 4.79 Å². The van der Waals surface area contributed by atoms with E-state index in [0.717, 1.165) is 0 Å². The van der Waals surface area contributed by atoms with Gasteiger partial charge in [-0.15, -0.1) is 0 Å². The quantitative estimate of drug-likeness (QED) is 0.377. The lowest BCUT2D eigenvalue weighted by Crippen LogP contribution is -2.32. The van der Waals surface area contributed by atoms with Crippen LogP contribution in [0.2, 0.25) is 0 Å². The van der Waals surface area contributed by atoms with Crippen molar-refractivity contribution in [2.24, 2.45) is 0 Å². The molecule has 1 amide bonds. The molecule has 2 rings (SSSR count). The molecule has 0 heterocycles. The number of aryl methyl sites for hydroxylation is 1. The van der Waals surface area contributed by atoms with Crippen LogP contribution in [0.4, 0.5) is 15.8 Å². The number of carbonyl (C=O) groups excluding carboxylic acids is 1. The molecular formula is C17H14FN3O3S. The van der Waals surface area contributed by atoms with E-state index in [0.29, 0.717) is 16.8 Å². The highest BCUT2D eigenvalue weighted by atomic mass is 32.1. The number of nitrogens with one attached hydrogen (secondary N) is 2. The highest BCUT2D eigenvalue weighted by Gasteiger charge is 2.11. The van der Waals surface area contributed by atoms with E-state index in [9.17, 15) is 19.3 Å². The van der Waals surface area contributed by atoms with Gasteiger partial charge in [-0.25, -0.2) is 4.39 Å². The lowest BCUT2D eigenvalue weighted by molar-refractivity contribution is -0.385. The summed E-state index contributed by atoms with van der Waals surface area (Å²) >= 11 is 5.01. The van der Waals surface area contributed by atoms with Gasteiger partial charge in [-0.2, -0.15) is 0 Å². The molecule has 0 saturated heterocycles. The molecule has 0 fully saturated rings. The molecule has 6 nitrogen and oxygen atoms in total. The Labute approximate surface area is 148 Å². The van der Waals surface area contributed by atoms with Gasteiger partial charge < -0.3 is 5.32 Å². The average molecular weight is 359 g/mol. The molecule has 2 aromatic rings. The van der Waals surface area contributed by atoms with Gasteiger partial charge >= 0.3 is 0 Å². The van der Waals surface area contributed by atoms with Gasteiger partial charge in [0.15, 0.2) is 5.11 Å². The van der Waals surface area contributed by atoms with Crippen molar-refractivity contribution in [2.45, 2.75) is 6.92 Å². The molecule has 2 N–H and O–H groups in total. The Balaban J connectivity index is 1.95. The number of rotatable bonds is 4. The molecule has 0 aliphatic rings. The number of nitro groups is 1. The Morgan fingerprint density at radius 3 is 2.56 bits per heavy atom. The smallest absolute Gasteiger partial charge is 0.274 e. The van der Waals surface area contributed by atoms with Crippen LogP contribution in [0.3, 0.4) is 0 Å². The maximum Gasteiger partial charge on any atom is 0.274 e. The number of hydrogen-bond acceptors (Lipinski definition) is 4. The van der Waals surface area contributed by atoms with Gasteiger partial charge in [-0.05, 0) is 49.0 Å². The second kappa shape index (κ2) is 8.11. The van der Waals surface area contributed by atoms with Gasteiger partial charge in [0, 0.05) is 23.4 Å². The maximum atomic E-state index is 12.8. The first kappa shape index (κ1) is 18.2. The first-order valence-corrected chi connectivity index (χ1v) is 7.56. The minimum atomic E-state index is -0.492. The van der Waals surface area contributed by atoms with E-state index in [1.54, 1.807) is 19.1 Å². The summed E-state index contributed by atoms with van der Waals surface area (Å²) in [6.45, 7) is 1.63. The SMILES string of the molecule is Cc1ccc(NC(=S)NC(=O)C=Cc2ccc(F)cc2)cc1[N+](=O)[O-]. The third-order valence-electron chi connectivity index (χ3n) is 3.20. The Kier molecular flexibility index (Phi) is 5.91. The summed E-state index contributed by atoms with van der Waals surface area (Å²) < 4.78 is 12.8. The Morgan fingerprint density at radius 2 is 1.92 bits per heavy atom. The number of nitro benzene ring substituents is 1. The van der Waals surface area contributed by atoms with Gasteiger partial charge in [0.25, 0.3) is 5.69 Å². The van der Waals surface area contributed by atoms with E-state index in [1.165, 1.54) is 42.5 Å². The van der Waals surface area contributed by atoms with E-state index in [1.807, 2.05) is 0 Å². The predicted octanol–water partition coefficient (Wildman–Crippen LogP) is 3.57. The molecule has 0 atom stereocenters. The van der Waals surface area contributed by atoms with E-state index < -0.39 is 10.8 Å². The van der Waals surface area contributed by atoms with Crippen molar-refractivity contribution in [1.82, 2.24) is 5.32 Å². The van der Waals surface area contributed by atoms with Gasteiger partial charge in [0.1, 0.15) is 5.82 Å². The fourth-order valence-electron chi connectivity index (χ4n) is 1.95. The predicted molar refractivity (Wildman–Crippen MR) is 97.6 cm³/mol. The van der Waals surface area contributed by atoms with Crippen molar-refractivity contribution < 1.29 is 14.1 Å². The second-order valence-electron chi connectivity index (χ2n) is 5.09. The second-order valence-corrected chi connectivity index (χ2v) is 5.49. The standard InChI is InChI=1S/C17H14FN3O3S/c1-11-2-8-14(10-15(11)21(23)24)19-17(25)20-16(22)9-5-12-3-6-13(18)7-4-12/h2-10H,1H3,(H2,19,20,22,25). The van der Waals surface area contributed by atoms with Crippen LogP contribution in [0.1, 0.15) is 11.1 Å². The maximum absolute atomic E-state index is 12.8. The highest BCUT2D eigenvalue weighted by Crippen LogP contribution is 2.22. The zero-order valence-corrected chi connectivity index (χ0v) is 14.0. The van der Waals surface area contributed by atoms with Gasteiger partial charge in [-0.1, -0.05) is 18.2 Å². The van der Waals surface area contributed by atoms with Crippen LogP contribution in [0.5, 0.6) is 0 Å². The van der Waals surface area contributed by atoms with Crippen molar-refractivity contribution in [3.63, 3.8) is 0 Å². The molecule has 8 heteroatoms. The molecule has 0 aliphatic heterocycles. The number of benzene rings is 2. The van der Waals surface area contributed by atoms with Crippen molar-refractivity contribution in [1.29, 1.82) is 0 Å². The molecule has 0 aliphatic carbocycles. The molecule has 25 heavy (non-hydrogen) atoms. The summed E-state index contributed by atoms with van der Waals surface area (Å²) in [5.74, 6) is -0.845. The summed E-state index contributed by atoms with van der Waals surface area (Å²) in [4.78, 5) is 22.2. The van der Waals surface area contributed by atoms with E-state index in [4.69, 9.17) is 12.2 Å². The zero-order valence-electron chi connectivity index (χ0n) is 13.2. The van der Waals surface area contributed by atoms with Crippen LogP contribution in [-0.4, -0.2) is 15.9 Å². The van der Waals surface area contributed by atoms with Crippen LogP contribution in [0, 0.1) is 22.9 Å². The van der Waals surface area contributed by atoms with Crippen LogP contribution in [0.25, 0.3) is 6.08 Å². The van der Waals surface area contributed by atoms with Gasteiger partial charge in [0.2, 0.25) is 5.91 Å². The monoisotopic (exact) mass is 359 g/mol. The molecule has 2 aromatic carbocycles. The molecule has 0 spiro atoms. The zero-order chi connectivity index (χ0) is 18.4. The van der Waals surface area contributed by atoms with E-state index in [2.05, 4.69) is 10.6 Å². The molecule has 0 bridgehead atoms. The molecular weight excluding hydrogens is 345 g/mol. The topological polar surface area (TPSA) is 84.3 Å². The number of anilines is 1. The highest BCUT2D eigenvalue weighted by molar-refractivity contribution is 7.80. The minimum Gasteiger partial charge on any atom is -0.332 e. The van der Waals surface area contributed by atoms with Crippen molar-refractivity contribution in [3.8, 4) is 0 Å². The summed E-state index contributed by atoms with van der Waals surface area (Å²) in [7, 11) is 0. The molecule has 0 unspecified atom stereocenters. The van der Waals surface area contributed by atoms with E-state index in [-0.39, 0.29) is 16.6 Å². The fraction of sp³-hybridized carbons (Fsp3) is 0.0588. The first-order chi connectivity index (χ1) is 11.8. The van der Waals surface area contributed by atoms with Crippen LogP contribution in [0.15, 0.2) is 48.5 Å². The number of nitrogens with zero attached hydrogens (tertiary/aromatic N) is 1. The average Bonchev–Trinajstić information content (AvgIpc) is 2.55. The van der Waals surface area contributed by atoms with Crippen LogP contribution < -0.4 is 10.6 Å². The van der Waals surface area contributed by atoms with Crippen molar-refractivity contribution in [2.75, 3.05) is 5.32 Å². The number of halogens is 1.